The number of aromatic nitrogens is 1. The first-order chi connectivity index (χ1) is 8.27. The average molecular weight is 265 g/mol. The third-order valence-electron chi connectivity index (χ3n) is 2.28. The van der Waals surface area contributed by atoms with E-state index >= 15 is 0 Å². The van der Waals surface area contributed by atoms with Gasteiger partial charge in [-0.05, 0) is 23.4 Å². The molecular weight excluding hydrogens is 254 g/mol. The maximum absolute atomic E-state index is 11.8. The van der Waals surface area contributed by atoms with Crippen LogP contribution in [0.4, 0.5) is 0 Å². The van der Waals surface area contributed by atoms with Crippen LogP contribution in [-0.4, -0.2) is 23.7 Å². The van der Waals surface area contributed by atoms with E-state index in [-0.39, 0.29) is 5.97 Å². The second kappa shape index (κ2) is 5.33. The van der Waals surface area contributed by atoms with Gasteiger partial charge in [0.15, 0.2) is 0 Å². The van der Waals surface area contributed by atoms with Crippen LogP contribution in [0.25, 0.3) is 10.4 Å². The Morgan fingerprint density at radius 1 is 1.35 bits per heavy atom. The van der Waals surface area contributed by atoms with Gasteiger partial charge in [-0.25, -0.2) is 4.79 Å². The Morgan fingerprint density at radius 3 is 2.65 bits per heavy atom. The fourth-order valence-electron chi connectivity index (χ4n) is 1.48. The van der Waals surface area contributed by atoms with Gasteiger partial charge in [0, 0.05) is 0 Å². The van der Waals surface area contributed by atoms with Crippen molar-refractivity contribution in [1.82, 2.24) is 4.37 Å². The molecule has 1 heterocycles. The maximum atomic E-state index is 11.8. The van der Waals surface area contributed by atoms with Crippen molar-refractivity contribution in [3.05, 3.63) is 35.9 Å². The normalized spacial score (nSPS) is 10.2. The molecule has 3 nitrogen and oxygen atoms in total. The molecule has 0 unspecified atom stereocenters. The third kappa shape index (κ3) is 2.35. The Labute approximate surface area is 108 Å². The lowest BCUT2D eigenvalue weighted by atomic mass is 10.1. The molecule has 0 aliphatic heterocycles. The highest BCUT2D eigenvalue weighted by Crippen LogP contribution is 2.34. The molecule has 0 atom stereocenters. The molecule has 0 fully saturated rings. The van der Waals surface area contributed by atoms with E-state index in [1.165, 1.54) is 30.4 Å². The smallest absolute Gasteiger partial charge is 0.342 e. The quantitative estimate of drug-likeness (QED) is 0.630. The second-order valence-corrected chi connectivity index (χ2v) is 4.82. The number of thioether (sulfide) groups is 1. The molecule has 88 valence electrons. The molecule has 0 amide bonds. The van der Waals surface area contributed by atoms with Crippen LogP contribution in [0, 0.1) is 0 Å². The lowest BCUT2D eigenvalue weighted by molar-refractivity contribution is 0.0598. The summed E-state index contributed by atoms with van der Waals surface area (Å²) in [5.41, 5.74) is 1.56. The standard InChI is InChI=1S/C12H11NO2S2/c1-15-12(14)9-10(17-13-11(9)16-2)8-6-4-3-5-7-8/h3-7H,1-2H3. The molecule has 1 aromatic heterocycles. The van der Waals surface area contributed by atoms with Gasteiger partial charge in [0.25, 0.3) is 0 Å². The summed E-state index contributed by atoms with van der Waals surface area (Å²) in [6, 6.07) is 9.75. The maximum Gasteiger partial charge on any atom is 0.342 e. The first kappa shape index (κ1) is 12.1. The number of hydrogen-bond acceptors (Lipinski definition) is 5. The minimum Gasteiger partial charge on any atom is -0.465 e. The monoisotopic (exact) mass is 265 g/mol. The lowest BCUT2D eigenvalue weighted by Gasteiger charge is -2.02. The Balaban J connectivity index is 2.55. The molecule has 17 heavy (non-hydrogen) atoms. The number of ether oxygens (including phenoxy) is 1. The minimum absolute atomic E-state index is 0.332. The number of esters is 1. The van der Waals surface area contributed by atoms with Crippen LogP contribution in [0.15, 0.2) is 35.4 Å². The predicted octanol–water partition coefficient (Wildman–Crippen LogP) is 3.32. The molecule has 0 spiro atoms. The Morgan fingerprint density at radius 2 is 2.06 bits per heavy atom. The van der Waals surface area contributed by atoms with Gasteiger partial charge in [-0.2, -0.15) is 4.37 Å². The van der Waals surface area contributed by atoms with Crippen LogP contribution < -0.4 is 0 Å². The molecular formula is C12H11NO2S2. The number of rotatable bonds is 3. The number of nitrogens with zero attached hydrogens (tertiary/aromatic N) is 1. The first-order valence-corrected chi connectivity index (χ1v) is 6.95. The zero-order chi connectivity index (χ0) is 12.3. The number of carbonyl (C=O) groups excluding carboxylic acids is 1. The molecule has 5 heteroatoms. The molecule has 2 rings (SSSR count). The molecule has 0 aliphatic rings. The van der Waals surface area contributed by atoms with E-state index in [1.807, 2.05) is 36.6 Å². The molecule has 0 aliphatic carbocycles. The number of carbonyl (C=O) groups is 1. The van der Waals surface area contributed by atoms with Crippen molar-refractivity contribution < 1.29 is 9.53 Å². The van der Waals surface area contributed by atoms with E-state index in [1.54, 1.807) is 0 Å². The summed E-state index contributed by atoms with van der Waals surface area (Å²) in [5.74, 6) is -0.332. The number of hydrogen-bond donors (Lipinski definition) is 0. The van der Waals surface area contributed by atoms with Gasteiger partial charge in [-0.3, -0.25) is 0 Å². The average Bonchev–Trinajstić information content (AvgIpc) is 2.82. The van der Waals surface area contributed by atoms with Crippen LogP contribution in [0.5, 0.6) is 0 Å². The number of benzene rings is 1. The van der Waals surface area contributed by atoms with Crippen molar-refractivity contribution in [3.63, 3.8) is 0 Å². The van der Waals surface area contributed by atoms with Crippen LogP contribution in [-0.2, 0) is 4.74 Å². The zero-order valence-corrected chi connectivity index (χ0v) is 11.1. The predicted molar refractivity (Wildman–Crippen MR) is 70.7 cm³/mol. The van der Waals surface area contributed by atoms with Crippen molar-refractivity contribution in [1.29, 1.82) is 0 Å². The summed E-state index contributed by atoms with van der Waals surface area (Å²) >= 11 is 2.78. The molecule has 0 bridgehead atoms. The molecule has 1 aromatic carbocycles. The topological polar surface area (TPSA) is 39.2 Å². The SMILES string of the molecule is COC(=O)c1c(SC)nsc1-c1ccccc1. The molecule has 0 radical (unpaired) electrons. The van der Waals surface area contributed by atoms with Crippen LogP contribution in [0.3, 0.4) is 0 Å². The second-order valence-electron chi connectivity index (χ2n) is 3.25. The summed E-state index contributed by atoms with van der Waals surface area (Å²) in [4.78, 5) is 12.6. The Hall–Kier alpha value is -1.33. The van der Waals surface area contributed by atoms with Crippen molar-refractivity contribution in [3.8, 4) is 10.4 Å². The minimum atomic E-state index is -0.332. The molecule has 0 saturated heterocycles. The van der Waals surface area contributed by atoms with Crippen molar-refractivity contribution >= 4 is 29.3 Å². The molecule has 0 N–H and O–H groups in total. The van der Waals surface area contributed by atoms with Gasteiger partial charge in [-0.15, -0.1) is 11.8 Å². The Bertz CT molecular complexity index is 523. The van der Waals surface area contributed by atoms with Gasteiger partial charge in [-0.1, -0.05) is 30.3 Å². The highest BCUT2D eigenvalue weighted by atomic mass is 32.2. The summed E-state index contributed by atoms with van der Waals surface area (Å²) < 4.78 is 9.10. The van der Waals surface area contributed by atoms with Crippen molar-refractivity contribution in [2.45, 2.75) is 5.03 Å². The van der Waals surface area contributed by atoms with E-state index in [0.717, 1.165) is 15.5 Å². The lowest BCUT2D eigenvalue weighted by Crippen LogP contribution is -2.02. The number of methoxy groups -OCH3 is 1. The van der Waals surface area contributed by atoms with Gasteiger partial charge in [0.05, 0.1) is 12.0 Å². The van der Waals surface area contributed by atoms with Crippen LogP contribution in [0.2, 0.25) is 0 Å². The van der Waals surface area contributed by atoms with Gasteiger partial charge >= 0.3 is 5.97 Å². The fraction of sp³-hybridized carbons (Fsp3) is 0.167. The van der Waals surface area contributed by atoms with E-state index in [4.69, 9.17) is 4.74 Å². The first-order valence-electron chi connectivity index (χ1n) is 4.95. The summed E-state index contributed by atoms with van der Waals surface area (Å²) in [5, 5.41) is 0.723. The van der Waals surface area contributed by atoms with E-state index in [9.17, 15) is 4.79 Å². The Kier molecular flexibility index (Phi) is 3.81. The van der Waals surface area contributed by atoms with E-state index < -0.39 is 0 Å². The molecule has 2 aromatic rings. The van der Waals surface area contributed by atoms with Crippen LogP contribution in [0.1, 0.15) is 10.4 Å². The van der Waals surface area contributed by atoms with Gasteiger partial charge < -0.3 is 4.74 Å². The van der Waals surface area contributed by atoms with Crippen molar-refractivity contribution in [2.24, 2.45) is 0 Å². The summed E-state index contributed by atoms with van der Waals surface area (Å²) in [6.45, 7) is 0. The summed E-state index contributed by atoms with van der Waals surface area (Å²) in [6.07, 6.45) is 1.90. The zero-order valence-electron chi connectivity index (χ0n) is 9.47. The fourth-order valence-corrected chi connectivity index (χ4v) is 3.13. The summed E-state index contributed by atoms with van der Waals surface area (Å²) in [7, 11) is 1.39. The third-order valence-corrected chi connectivity index (χ3v) is 3.97. The molecule has 0 saturated carbocycles. The largest absolute Gasteiger partial charge is 0.465 e. The van der Waals surface area contributed by atoms with E-state index in [2.05, 4.69) is 4.37 Å². The van der Waals surface area contributed by atoms with E-state index in [0.29, 0.717) is 5.56 Å². The van der Waals surface area contributed by atoms with Crippen molar-refractivity contribution in [2.75, 3.05) is 13.4 Å². The highest BCUT2D eigenvalue weighted by molar-refractivity contribution is 7.98. The van der Waals surface area contributed by atoms with Gasteiger partial charge in [0.1, 0.15) is 10.6 Å². The van der Waals surface area contributed by atoms with Gasteiger partial charge in [0.2, 0.25) is 0 Å². The van der Waals surface area contributed by atoms with Crippen LogP contribution >= 0.6 is 23.3 Å². The highest BCUT2D eigenvalue weighted by Gasteiger charge is 2.21.